The molecule has 0 atom stereocenters. The number of methoxy groups -OCH3 is 1. The molecule has 8 nitrogen and oxygen atoms in total. The van der Waals surface area contributed by atoms with Crippen molar-refractivity contribution in [3.8, 4) is 0 Å². The molecule has 0 heterocycles. The minimum absolute atomic E-state index is 0.0840. The number of hydrogen-bond acceptors (Lipinski definition) is 6. The lowest BCUT2D eigenvalue weighted by Gasteiger charge is -2.24. The van der Waals surface area contributed by atoms with Crippen LogP contribution in [0.4, 0.5) is 5.69 Å². The van der Waals surface area contributed by atoms with Crippen molar-refractivity contribution >= 4 is 33.8 Å². The van der Waals surface area contributed by atoms with Crippen molar-refractivity contribution < 1.29 is 22.7 Å². The first kappa shape index (κ1) is 24.7. The van der Waals surface area contributed by atoms with Gasteiger partial charge in [0, 0.05) is 0 Å². The summed E-state index contributed by atoms with van der Waals surface area (Å²) in [6.07, 6.45) is 1.39. The SMILES string of the molecule is COC(=O)c1ccc(/C=N\NC(=O)CN(c2ccc(C)cc2)S(=O)(=O)c2ccc(C)cc2)cc1. The van der Waals surface area contributed by atoms with Crippen LogP contribution in [-0.2, 0) is 19.6 Å². The second-order valence-corrected chi connectivity index (χ2v) is 9.43. The van der Waals surface area contributed by atoms with Crippen LogP contribution in [0.2, 0.25) is 0 Å². The predicted octanol–water partition coefficient (Wildman–Crippen LogP) is 3.44. The number of sulfonamides is 1. The number of esters is 1. The highest BCUT2D eigenvalue weighted by Gasteiger charge is 2.27. The van der Waals surface area contributed by atoms with Crippen LogP contribution in [0.3, 0.4) is 0 Å². The molecular weight excluding hydrogens is 454 g/mol. The molecular formula is C25H25N3O5S. The molecule has 0 radical (unpaired) electrons. The minimum atomic E-state index is -3.99. The highest BCUT2D eigenvalue weighted by molar-refractivity contribution is 7.92. The van der Waals surface area contributed by atoms with Gasteiger partial charge in [0.15, 0.2) is 0 Å². The van der Waals surface area contributed by atoms with Gasteiger partial charge in [-0.25, -0.2) is 18.6 Å². The molecule has 0 fully saturated rings. The van der Waals surface area contributed by atoms with E-state index in [0.717, 1.165) is 15.4 Å². The fourth-order valence-electron chi connectivity index (χ4n) is 3.03. The van der Waals surface area contributed by atoms with Crippen molar-refractivity contribution in [3.63, 3.8) is 0 Å². The Kier molecular flexibility index (Phi) is 7.80. The number of amides is 1. The molecule has 9 heteroatoms. The fourth-order valence-corrected chi connectivity index (χ4v) is 4.45. The zero-order chi connectivity index (χ0) is 24.7. The van der Waals surface area contributed by atoms with Crippen LogP contribution >= 0.6 is 0 Å². The van der Waals surface area contributed by atoms with Gasteiger partial charge < -0.3 is 4.74 Å². The number of ether oxygens (including phenoxy) is 1. The van der Waals surface area contributed by atoms with Gasteiger partial charge in [-0.1, -0.05) is 47.5 Å². The summed E-state index contributed by atoms with van der Waals surface area (Å²) >= 11 is 0. The monoisotopic (exact) mass is 479 g/mol. The second kappa shape index (κ2) is 10.8. The van der Waals surface area contributed by atoms with E-state index in [4.69, 9.17) is 0 Å². The Balaban J connectivity index is 1.77. The van der Waals surface area contributed by atoms with Crippen LogP contribution in [0.5, 0.6) is 0 Å². The van der Waals surface area contributed by atoms with E-state index in [1.165, 1.54) is 25.5 Å². The Morgan fingerprint density at radius 3 is 2.03 bits per heavy atom. The van der Waals surface area contributed by atoms with Crippen molar-refractivity contribution in [2.45, 2.75) is 18.7 Å². The van der Waals surface area contributed by atoms with Gasteiger partial charge in [0.2, 0.25) is 0 Å². The standard InChI is InChI=1S/C25H25N3O5S/c1-18-4-12-22(13-5-18)28(34(31,32)23-14-6-19(2)7-15-23)17-24(29)27-26-16-20-8-10-21(11-9-20)25(30)33-3/h4-16H,17H2,1-3H3,(H,27,29)/b26-16-. The minimum Gasteiger partial charge on any atom is -0.465 e. The molecule has 1 amide bonds. The van der Waals surface area contributed by atoms with Gasteiger partial charge in [-0.3, -0.25) is 9.10 Å². The van der Waals surface area contributed by atoms with Crippen LogP contribution in [0.1, 0.15) is 27.0 Å². The third-order valence-corrected chi connectivity index (χ3v) is 6.74. The van der Waals surface area contributed by atoms with Crippen LogP contribution in [-0.4, -0.2) is 40.2 Å². The summed E-state index contributed by atoms with van der Waals surface area (Å²) < 4.78 is 32.4. The average molecular weight is 480 g/mol. The molecule has 0 saturated heterocycles. The zero-order valence-corrected chi connectivity index (χ0v) is 19.9. The second-order valence-electron chi connectivity index (χ2n) is 7.57. The maximum Gasteiger partial charge on any atom is 0.337 e. The molecule has 3 aromatic rings. The average Bonchev–Trinajstić information content (AvgIpc) is 2.83. The Morgan fingerprint density at radius 1 is 0.912 bits per heavy atom. The Bertz CT molecular complexity index is 1280. The van der Waals surface area contributed by atoms with E-state index < -0.39 is 28.4 Å². The van der Waals surface area contributed by atoms with Crippen molar-refractivity contribution in [1.82, 2.24) is 5.43 Å². The van der Waals surface area contributed by atoms with E-state index in [1.807, 2.05) is 13.8 Å². The fraction of sp³-hybridized carbons (Fsp3) is 0.160. The maximum atomic E-state index is 13.3. The Labute approximate surface area is 198 Å². The molecule has 0 aliphatic carbocycles. The van der Waals surface area contributed by atoms with E-state index in [1.54, 1.807) is 60.7 Å². The lowest BCUT2D eigenvalue weighted by molar-refractivity contribution is -0.119. The van der Waals surface area contributed by atoms with Gasteiger partial charge in [-0.05, 0) is 55.8 Å². The summed E-state index contributed by atoms with van der Waals surface area (Å²) in [5, 5.41) is 3.90. The number of carbonyl (C=O) groups excluding carboxylic acids is 2. The first-order valence-electron chi connectivity index (χ1n) is 10.4. The normalized spacial score (nSPS) is 11.3. The quantitative estimate of drug-likeness (QED) is 0.303. The number of nitrogens with one attached hydrogen (secondary N) is 1. The molecule has 34 heavy (non-hydrogen) atoms. The lowest BCUT2D eigenvalue weighted by Crippen LogP contribution is -2.39. The third-order valence-electron chi connectivity index (χ3n) is 4.95. The molecule has 0 saturated carbocycles. The maximum absolute atomic E-state index is 13.3. The van der Waals surface area contributed by atoms with E-state index in [2.05, 4.69) is 15.3 Å². The lowest BCUT2D eigenvalue weighted by atomic mass is 10.1. The van der Waals surface area contributed by atoms with Gasteiger partial charge in [0.1, 0.15) is 6.54 Å². The van der Waals surface area contributed by atoms with Crippen molar-refractivity contribution in [1.29, 1.82) is 0 Å². The zero-order valence-electron chi connectivity index (χ0n) is 19.1. The molecule has 0 aromatic heterocycles. The van der Waals surface area contributed by atoms with Gasteiger partial charge in [0.05, 0.1) is 29.5 Å². The molecule has 176 valence electrons. The largest absolute Gasteiger partial charge is 0.465 e. The summed E-state index contributed by atoms with van der Waals surface area (Å²) in [7, 11) is -2.70. The van der Waals surface area contributed by atoms with Crippen molar-refractivity contribution in [3.05, 3.63) is 95.1 Å². The molecule has 0 bridgehead atoms. The highest BCUT2D eigenvalue weighted by atomic mass is 32.2. The van der Waals surface area contributed by atoms with Gasteiger partial charge >= 0.3 is 5.97 Å². The number of nitrogens with zero attached hydrogens (tertiary/aromatic N) is 2. The molecule has 0 spiro atoms. The Hall–Kier alpha value is -3.98. The number of anilines is 1. The van der Waals surface area contributed by atoms with Crippen LogP contribution in [0, 0.1) is 13.8 Å². The molecule has 3 aromatic carbocycles. The Morgan fingerprint density at radius 2 is 1.47 bits per heavy atom. The summed E-state index contributed by atoms with van der Waals surface area (Å²) in [6, 6.07) is 19.7. The molecule has 0 aliphatic rings. The highest BCUT2D eigenvalue weighted by Crippen LogP contribution is 2.24. The summed E-state index contributed by atoms with van der Waals surface area (Å²) in [4.78, 5) is 24.2. The number of carbonyl (C=O) groups is 2. The number of hydrogen-bond donors (Lipinski definition) is 1. The van der Waals surface area contributed by atoms with Crippen LogP contribution < -0.4 is 9.73 Å². The van der Waals surface area contributed by atoms with Crippen LogP contribution in [0.25, 0.3) is 0 Å². The number of benzene rings is 3. The van der Waals surface area contributed by atoms with E-state index >= 15 is 0 Å². The summed E-state index contributed by atoms with van der Waals surface area (Å²) in [5.41, 5.74) is 5.63. The smallest absolute Gasteiger partial charge is 0.337 e. The molecule has 0 aliphatic heterocycles. The van der Waals surface area contributed by atoms with Crippen molar-refractivity contribution in [2.75, 3.05) is 18.0 Å². The number of hydrazone groups is 1. The third kappa shape index (κ3) is 6.08. The first-order valence-corrected chi connectivity index (χ1v) is 11.8. The summed E-state index contributed by atoms with van der Waals surface area (Å²) in [5.74, 6) is -1.07. The molecule has 3 rings (SSSR count). The van der Waals surface area contributed by atoms with E-state index in [9.17, 15) is 18.0 Å². The van der Waals surface area contributed by atoms with Crippen LogP contribution in [0.15, 0.2) is 82.8 Å². The number of rotatable bonds is 8. The van der Waals surface area contributed by atoms with E-state index in [-0.39, 0.29) is 4.90 Å². The number of aryl methyl sites for hydroxylation is 2. The first-order chi connectivity index (χ1) is 16.2. The van der Waals surface area contributed by atoms with E-state index in [0.29, 0.717) is 16.8 Å². The van der Waals surface area contributed by atoms with Gasteiger partial charge in [0.25, 0.3) is 15.9 Å². The topological polar surface area (TPSA) is 105 Å². The van der Waals surface area contributed by atoms with Gasteiger partial charge in [-0.2, -0.15) is 5.10 Å². The predicted molar refractivity (Wildman–Crippen MR) is 130 cm³/mol. The molecule has 1 N–H and O–H groups in total. The molecule has 0 unspecified atom stereocenters. The van der Waals surface area contributed by atoms with Crippen molar-refractivity contribution in [2.24, 2.45) is 5.10 Å². The summed E-state index contributed by atoms with van der Waals surface area (Å²) in [6.45, 7) is 3.29. The van der Waals surface area contributed by atoms with Gasteiger partial charge in [-0.15, -0.1) is 0 Å².